The second-order valence-corrected chi connectivity index (χ2v) is 4.53. The molecule has 0 aliphatic rings. The van der Waals surface area contributed by atoms with Crippen LogP contribution in [0.3, 0.4) is 0 Å². The second kappa shape index (κ2) is 6.00. The molecule has 0 fully saturated rings. The first-order valence-corrected chi connectivity index (χ1v) is 6.40. The summed E-state index contributed by atoms with van der Waals surface area (Å²) in [4.78, 5) is 15.2. The van der Waals surface area contributed by atoms with Crippen molar-refractivity contribution in [3.63, 3.8) is 0 Å². The summed E-state index contributed by atoms with van der Waals surface area (Å²) in [5.74, 6) is -1.68. The number of hydrogen-bond donors (Lipinski definition) is 1. The molecule has 1 heterocycles. The van der Waals surface area contributed by atoms with Crippen molar-refractivity contribution in [2.75, 3.05) is 0 Å². The Hall–Kier alpha value is -2.29. The molecular weight excluding hydrogens is 310 g/mol. The fraction of sp³-hybridized carbons (Fsp3) is 0.0833. The van der Waals surface area contributed by atoms with Gasteiger partial charge in [-0.2, -0.15) is 18.3 Å². The van der Waals surface area contributed by atoms with Crippen molar-refractivity contribution in [2.24, 2.45) is 5.10 Å². The molecule has 0 aliphatic heterocycles. The van der Waals surface area contributed by atoms with Gasteiger partial charge in [0.15, 0.2) is 0 Å². The fourth-order valence-corrected chi connectivity index (χ4v) is 1.88. The van der Waals surface area contributed by atoms with E-state index in [1.807, 2.05) is 0 Å². The van der Waals surface area contributed by atoms with E-state index in [4.69, 9.17) is 0 Å². The summed E-state index contributed by atoms with van der Waals surface area (Å²) >= 11 is 1.21. The third-order valence-corrected chi connectivity index (χ3v) is 2.95. The van der Waals surface area contributed by atoms with Crippen LogP contribution in [0.2, 0.25) is 0 Å². The molecule has 0 bridgehead atoms. The molecule has 0 saturated heterocycles. The minimum Gasteiger partial charge on any atom is -0.266 e. The van der Waals surface area contributed by atoms with Crippen molar-refractivity contribution < 1.29 is 22.4 Å². The Balaban J connectivity index is 2.06. The van der Waals surface area contributed by atoms with Crippen LogP contribution in [0.15, 0.2) is 34.2 Å². The molecule has 110 valence electrons. The number of hydrogen-bond acceptors (Lipinski definition) is 4. The Morgan fingerprint density at radius 3 is 2.71 bits per heavy atom. The normalized spacial score (nSPS) is 11.8. The number of alkyl halides is 3. The summed E-state index contributed by atoms with van der Waals surface area (Å²) in [6, 6.07) is 2.02. The Bertz CT molecular complexity index is 668. The molecule has 0 unspecified atom stereocenters. The summed E-state index contributed by atoms with van der Waals surface area (Å²) in [6.07, 6.45) is -3.70. The lowest BCUT2D eigenvalue weighted by molar-refractivity contribution is -0.137. The second-order valence-electron chi connectivity index (χ2n) is 3.81. The topological polar surface area (TPSA) is 54.4 Å². The van der Waals surface area contributed by atoms with Gasteiger partial charge in [-0.3, -0.25) is 4.79 Å². The molecule has 0 radical (unpaired) electrons. The van der Waals surface area contributed by atoms with Gasteiger partial charge in [0, 0.05) is 10.9 Å². The molecule has 9 heteroatoms. The monoisotopic (exact) mass is 317 g/mol. The molecule has 1 aromatic carbocycles. The number of benzene rings is 1. The highest BCUT2D eigenvalue weighted by molar-refractivity contribution is 7.07. The molecule has 21 heavy (non-hydrogen) atoms. The molecule has 0 aliphatic carbocycles. The van der Waals surface area contributed by atoms with Crippen LogP contribution in [-0.2, 0) is 6.18 Å². The Labute approximate surface area is 120 Å². The first-order valence-electron chi connectivity index (χ1n) is 5.46. The number of carbonyl (C=O) groups excluding carboxylic acids is 1. The minimum absolute atomic E-state index is 0.144. The summed E-state index contributed by atoms with van der Waals surface area (Å²) in [5, 5.41) is 4.96. The van der Waals surface area contributed by atoms with E-state index in [1.54, 1.807) is 0 Å². The van der Waals surface area contributed by atoms with Gasteiger partial charge >= 0.3 is 6.18 Å². The largest absolute Gasteiger partial charge is 0.416 e. The molecule has 4 nitrogen and oxygen atoms in total. The molecule has 2 aromatic rings. The maximum Gasteiger partial charge on any atom is 0.416 e. The average Bonchev–Trinajstić information content (AvgIpc) is 2.93. The SMILES string of the molecule is O=C(N/N=C/c1ccc(C(F)(F)F)cc1F)c1cscn1. The molecule has 0 spiro atoms. The molecule has 0 saturated carbocycles. The van der Waals surface area contributed by atoms with E-state index in [0.29, 0.717) is 6.07 Å². The number of carbonyl (C=O) groups is 1. The molecule has 1 N–H and O–H groups in total. The van der Waals surface area contributed by atoms with E-state index in [9.17, 15) is 22.4 Å². The van der Waals surface area contributed by atoms with Gasteiger partial charge in [-0.1, -0.05) is 0 Å². The number of halogens is 4. The lowest BCUT2D eigenvalue weighted by Crippen LogP contribution is -2.18. The maximum atomic E-state index is 13.5. The van der Waals surface area contributed by atoms with Crippen molar-refractivity contribution in [3.05, 3.63) is 51.7 Å². The minimum atomic E-state index is -4.62. The van der Waals surface area contributed by atoms with Gasteiger partial charge in [-0.05, 0) is 18.2 Å². The highest BCUT2D eigenvalue weighted by Gasteiger charge is 2.31. The van der Waals surface area contributed by atoms with Crippen LogP contribution in [0.5, 0.6) is 0 Å². The van der Waals surface area contributed by atoms with Gasteiger partial charge in [0.2, 0.25) is 0 Å². The average molecular weight is 317 g/mol. The zero-order valence-electron chi connectivity index (χ0n) is 10.2. The Kier molecular flexibility index (Phi) is 4.32. The first kappa shape index (κ1) is 15.1. The van der Waals surface area contributed by atoms with Crippen molar-refractivity contribution in [3.8, 4) is 0 Å². The zero-order valence-corrected chi connectivity index (χ0v) is 11.0. The van der Waals surface area contributed by atoms with E-state index in [2.05, 4.69) is 15.5 Å². The van der Waals surface area contributed by atoms with E-state index < -0.39 is 23.5 Å². The summed E-state index contributed by atoms with van der Waals surface area (Å²) in [7, 11) is 0. The number of hydrazone groups is 1. The highest BCUT2D eigenvalue weighted by atomic mass is 32.1. The van der Waals surface area contributed by atoms with Crippen molar-refractivity contribution in [2.45, 2.75) is 6.18 Å². The lowest BCUT2D eigenvalue weighted by atomic mass is 10.1. The van der Waals surface area contributed by atoms with Crippen LogP contribution in [0.4, 0.5) is 17.6 Å². The van der Waals surface area contributed by atoms with Crippen molar-refractivity contribution in [1.29, 1.82) is 0 Å². The smallest absolute Gasteiger partial charge is 0.266 e. The molecule has 0 atom stereocenters. The van der Waals surface area contributed by atoms with Crippen LogP contribution in [0, 0.1) is 5.82 Å². The predicted molar refractivity (Wildman–Crippen MR) is 68.6 cm³/mol. The summed E-state index contributed by atoms with van der Waals surface area (Å²) in [5.41, 5.74) is 2.41. The molecule has 1 amide bonds. The Morgan fingerprint density at radius 1 is 1.38 bits per heavy atom. The van der Waals surface area contributed by atoms with Crippen molar-refractivity contribution >= 4 is 23.5 Å². The van der Waals surface area contributed by atoms with Gasteiger partial charge in [0.05, 0.1) is 17.3 Å². The third kappa shape index (κ3) is 3.85. The maximum absolute atomic E-state index is 13.5. The molecule has 1 aromatic heterocycles. The van der Waals surface area contributed by atoms with E-state index in [0.717, 1.165) is 18.3 Å². The van der Waals surface area contributed by atoms with E-state index in [-0.39, 0.29) is 11.3 Å². The zero-order chi connectivity index (χ0) is 15.5. The van der Waals surface area contributed by atoms with Gasteiger partial charge < -0.3 is 0 Å². The summed E-state index contributed by atoms with van der Waals surface area (Å²) < 4.78 is 50.5. The number of aromatic nitrogens is 1. The van der Waals surface area contributed by atoms with Gasteiger partial charge in [0.1, 0.15) is 11.5 Å². The van der Waals surface area contributed by atoms with Crippen LogP contribution in [0.1, 0.15) is 21.6 Å². The molecular formula is C12H7F4N3OS. The number of nitrogens with one attached hydrogen (secondary N) is 1. The standard InChI is InChI=1S/C12H7F4N3OS/c13-9-3-8(12(14,15)16)2-1-7(9)4-18-19-11(20)10-5-21-6-17-10/h1-6H,(H,19,20)/b18-4+. The lowest BCUT2D eigenvalue weighted by Gasteiger charge is -2.07. The van der Waals surface area contributed by atoms with Crippen LogP contribution < -0.4 is 5.43 Å². The molecule has 2 rings (SSSR count). The Morgan fingerprint density at radius 2 is 2.14 bits per heavy atom. The predicted octanol–water partition coefficient (Wildman–Crippen LogP) is 3.06. The van der Waals surface area contributed by atoms with Crippen LogP contribution in [0.25, 0.3) is 0 Å². The van der Waals surface area contributed by atoms with Crippen LogP contribution >= 0.6 is 11.3 Å². The first-order chi connectivity index (χ1) is 9.88. The van der Waals surface area contributed by atoms with Gasteiger partial charge in [0.25, 0.3) is 5.91 Å². The third-order valence-electron chi connectivity index (χ3n) is 2.36. The fourth-order valence-electron chi connectivity index (χ4n) is 1.35. The quantitative estimate of drug-likeness (QED) is 0.537. The number of amides is 1. The summed E-state index contributed by atoms with van der Waals surface area (Å²) in [6.45, 7) is 0. The van der Waals surface area contributed by atoms with Gasteiger partial charge in [-0.25, -0.2) is 14.8 Å². The van der Waals surface area contributed by atoms with Gasteiger partial charge in [-0.15, -0.1) is 11.3 Å². The van der Waals surface area contributed by atoms with Crippen LogP contribution in [-0.4, -0.2) is 17.1 Å². The number of rotatable bonds is 3. The number of nitrogens with zero attached hydrogens (tertiary/aromatic N) is 2. The van der Waals surface area contributed by atoms with Crippen molar-refractivity contribution in [1.82, 2.24) is 10.4 Å². The number of thiazole rings is 1. The highest BCUT2D eigenvalue weighted by Crippen LogP contribution is 2.29. The van der Waals surface area contributed by atoms with E-state index in [1.165, 1.54) is 22.2 Å². The van der Waals surface area contributed by atoms with E-state index >= 15 is 0 Å².